The smallest absolute Gasteiger partial charge is 0.217 e. The Balaban J connectivity index is 1.66. The Labute approximate surface area is 186 Å². The number of carbonyl (C=O) groups is 1. The molecule has 0 aliphatic carbocycles. The maximum Gasteiger partial charge on any atom is 0.217 e. The molecule has 160 valence electrons. The molecule has 2 aromatic heterocycles. The van der Waals surface area contributed by atoms with Gasteiger partial charge in [0.15, 0.2) is 0 Å². The quantitative estimate of drug-likeness (QED) is 0.605. The second kappa shape index (κ2) is 8.91. The third kappa shape index (κ3) is 4.45. The summed E-state index contributed by atoms with van der Waals surface area (Å²) < 4.78 is 0. The summed E-state index contributed by atoms with van der Waals surface area (Å²) in [6.45, 7) is 4.84. The molecule has 3 heterocycles. The van der Waals surface area contributed by atoms with E-state index in [1.165, 1.54) is 6.92 Å². The van der Waals surface area contributed by atoms with Crippen LogP contribution in [0.4, 0.5) is 11.6 Å². The van der Waals surface area contributed by atoms with Gasteiger partial charge in [-0.3, -0.25) is 4.79 Å². The first-order valence-corrected chi connectivity index (χ1v) is 10.4. The number of amides is 1. The Hall–Kier alpha value is -4.17. The summed E-state index contributed by atoms with van der Waals surface area (Å²) in [6.07, 6.45) is 8.41. The average Bonchev–Trinajstić information content (AvgIpc) is 3.24. The van der Waals surface area contributed by atoms with Crippen LogP contribution in [-0.4, -0.2) is 40.0 Å². The fourth-order valence-corrected chi connectivity index (χ4v) is 3.94. The number of rotatable bonds is 5. The molecule has 8 nitrogen and oxygen atoms in total. The highest BCUT2D eigenvalue weighted by molar-refractivity contribution is 5.90. The van der Waals surface area contributed by atoms with Crippen molar-refractivity contribution in [1.82, 2.24) is 20.3 Å². The van der Waals surface area contributed by atoms with Crippen molar-refractivity contribution in [1.29, 1.82) is 5.26 Å². The molecule has 0 saturated carbocycles. The van der Waals surface area contributed by atoms with Crippen LogP contribution in [0.2, 0.25) is 0 Å². The molecule has 4 rings (SSSR count). The predicted octanol–water partition coefficient (Wildman–Crippen LogP) is 2.71. The summed E-state index contributed by atoms with van der Waals surface area (Å²) in [4.78, 5) is 27.2. The van der Waals surface area contributed by atoms with Gasteiger partial charge in [0.25, 0.3) is 0 Å². The van der Waals surface area contributed by atoms with Crippen LogP contribution in [-0.2, 0) is 4.79 Å². The lowest BCUT2D eigenvalue weighted by molar-refractivity contribution is -0.119. The Bertz CT molecular complexity index is 1260. The summed E-state index contributed by atoms with van der Waals surface area (Å²) in [5.74, 6) is 4.73. The summed E-state index contributed by atoms with van der Waals surface area (Å²) in [6, 6.07) is 10.9. The molecule has 1 aromatic carbocycles. The van der Waals surface area contributed by atoms with Gasteiger partial charge < -0.3 is 15.5 Å². The lowest BCUT2D eigenvalue weighted by Gasteiger charge is -2.20. The van der Waals surface area contributed by atoms with E-state index in [2.05, 4.69) is 42.5 Å². The van der Waals surface area contributed by atoms with Crippen molar-refractivity contribution in [3.63, 3.8) is 0 Å². The molecule has 3 aromatic rings. The summed E-state index contributed by atoms with van der Waals surface area (Å²) in [7, 11) is 0. The van der Waals surface area contributed by atoms with E-state index >= 15 is 0 Å². The molecule has 0 spiro atoms. The van der Waals surface area contributed by atoms with Gasteiger partial charge in [-0.2, -0.15) is 5.26 Å². The number of nitrogens with one attached hydrogen (secondary N) is 2. The zero-order valence-electron chi connectivity index (χ0n) is 18.0. The monoisotopic (exact) mass is 425 g/mol. The van der Waals surface area contributed by atoms with Crippen LogP contribution >= 0.6 is 0 Å². The Kier molecular flexibility index (Phi) is 5.87. The minimum atomic E-state index is -0.464. The molecule has 32 heavy (non-hydrogen) atoms. The number of carbonyl (C=O) groups excluding carboxylic acids is 1. The number of benzene rings is 1. The lowest BCUT2D eigenvalue weighted by Crippen LogP contribution is -2.35. The number of fused-ring (bicyclic) bond motifs is 1. The third-order valence-electron chi connectivity index (χ3n) is 5.40. The lowest BCUT2D eigenvalue weighted by atomic mass is 10.0. The Morgan fingerprint density at radius 2 is 2.19 bits per heavy atom. The van der Waals surface area contributed by atoms with Crippen molar-refractivity contribution in [3.8, 4) is 18.4 Å². The van der Waals surface area contributed by atoms with E-state index < -0.39 is 6.04 Å². The highest BCUT2D eigenvalue weighted by Gasteiger charge is 2.24. The molecular formula is C24H23N7O. The van der Waals surface area contributed by atoms with Crippen molar-refractivity contribution in [2.24, 2.45) is 0 Å². The first-order valence-electron chi connectivity index (χ1n) is 10.4. The standard InChI is InChI=1S/C24H23N7O/c1-4-21(18-7-5-6-17(10-18)12-25)30-24-20-11-23(26-13-22(20)27-15(2)28-24)31-9-8-19(14-31)29-16(3)32/h1,5-7,10-11,13,19,21H,8-9,14H2,2-3H3,(H,29,32)(H,27,28,30)/t19-,21-/m1/s1. The van der Waals surface area contributed by atoms with Gasteiger partial charge in [0, 0.05) is 31.4 Å². The molecule has 0 bridgehead atoms. The van der Waals surface area contributed by atoms with Crippen LogP contribution in [0.5, 0.6) is 0 Å². The van der Waals surface area contributed by atoms with Crippen LogP contribution < -0.4 is 15.5 Å². The number of hydrogen-bond acceptors (Lipinski definition) is 7. The number of hydrogen-bond donors (Lipinski definition) is 2. The SMILES string of the molecule is C#C[C@@H](Nc1nc(C)nc2cnc(N3CC[C@@H](NC(C)=O)C3)cc12)c1cccc(C#N)c1. The number of nitriles is 1. The summed E-state index contributed by atoms with van der Waals surface area (Å²) in [5, 5.41) is 16.3. The van der Waals surface area contributed by atoms with E-state index in [1.807, 2.05) is 25.1 Å². The topological polar surface area (TPSA) is 107 Å². The summed E-state index contributed by atoms with van der Waals surface area (Å²) >= 11 is 0. The molecule has 0 unspecified atom stereocenters. The van der Waals surface area contributed by atoms with E-state index in [0.717, 1.165) is 29.7 Å². The number of aromatic nitrogens is 3. The molecule has 2 atom stereocenters. The molecule has 1 saturated heterocycles. The fraction of sp³-hybridized carbons (Fsp3) is 0.292. The van der Waals surface area contributed by atoms with Gasteiger partial charge in [-0.15, -0.1) is 6.42 Å². The predicted molar refractivity (Wildman–Crippen MR) is 123 cm³/mol. The van der Waals surface area contributed by atoms with Gasteiger partial charge in [0.1, 0.15) is 23.5 Å². The van der Waals surface area contributed by atoms with Crippen LogP contribution in [0.3, 0.4) is 0 Å². The molecule has 1 aliphatic heterocycles. The van der Waals surface area contributed by atoms with E-state index in [1.54, 1.807) is 18.3 Å². The zero-order valence-corrected chi connectivity index (χ0v) is 18.0. The minimum absolute atomic E-state index is 0.0283. The zero-order chi connectivity index (χ0) is 22.7. The van der Waals surface area contributed by atoms with Crippen molar-refractivity contribution < 1.29 is 4.79 Å². The highest BCUT2D eigenvalue weighted by atomic mass is 16.1. The first kappa shape index (κ1) is 21.1. The number of terminal acetylenes is 1. The van der Waals surface area contributed by atoms with Gasteiger partial charge in [-0.25, -0.2) is 15.0 Å². The minimum Gasteiger partial charge on any atom is -0.354 e. The molecule has 2 N–H and O–H groups in total. The van der Waals surface area contributed by atoms with Crippen LogP contribution in [0.1, 0.15) is 36.3 Å². The van der Waals surface area contributed by atoms with Crippen molar-refractivity contribution in [3.05, 3.63) is 53.5 Å². The van der Waals surface area contributed by atoms with Gasteiger partial charge in [0.05, 0.1) is 23.3 Å². The van der Waals surface area contributed by atoms with Crippen LogP contribution in [0.15, 0.2) is 36.5 Å². The van der Waals surface area contributed by atoms with Crippen molar-refractivity contribution in [2.45, 2.75) is 32.4 Å². The van der Waals surface area contributed by atoms with Crippen LogP contribution in [0.25, 0.3) is 10.9 Å². The number of nitrogens with zero attached hydrogens (tertiary/aromatic N) is 5. The fourth-order valence-electron chi connectivity index (χ4n) is 3.94. The number of anilines is 2. The van der Waals surface area contributed by atoms with Crippen LogP contribution in [0, 0.1) is 30.6 Å². The second-order valence-electron chi connectivity index (χ2n) is 7.79. The van der Waals surface area contributed by atoms with Crippen molar-refractivity contribution >= 4 is 28.4 Å². The van der Waals surface area contributed by atoms with Gasteiger partial charge in [0.2, 0.25) is 5.91 Å². The summed E-state index contributed by atoms with van der Waals surface area (Å²) in [5.41, 5.74) is 2.06. The Morgan fingerprint density at radius 1 is 1.34 bits per heavy atom. The first-order chi connectivity index (χ1) is 15.5. The van der Waals surface area contributed by atoms with Gasteiger partial charge in [-0.1, -0.05) is 18.1 Å². The molecule has 0 radical (unpaired) electrons. The number of pyridine rings is 1. The highest BCUT2D eigenvalue weighted by Crippen LogP contribution is 2.28. The molecule has 1 aliphatic rings. The maximum atomic E-state index is 11.4. The molecule has 1 amide bonds. The van der Waals surface area contributed by atoms with Gasteiger partial charge in [-0.05, 0) is 37.1 Å². The molecular weight excluding hydrogens is 402 g/mol. The second-order valence-corrected chi connectivity index (χ2v) is 7.79. The average molecular weight is 425 g/mol. The third-order valence-corrected chi connectivity index (χ3v) is 5.40. The molecule has 8 heteroatoms. The van der Waals surface area contributed by atoms with Crippen molar-refractivity contribution in [2.75, 3.05) is 23.3 Å². The van der Waals surface area contributed by atoms with E-state index in [-0.39, 0.29) is 11.9 Å². The Morgan fingerprint density at radius 3 is 2.94 bits per heavy atom. The normalized spacial score (nSPS) is 16.2. The largest absolute Gasteiger partial charge is 0.354 e. The maximum absolute atomic E-state index is 11.4. The van der Waals surface area contributed by atoms with E-state index in [0.29, 0.717) is 29.3 Å². The molecule has 1 fully saturated rings. The van der Waals surface area contributed by atoms with E-state index in [9.17, 15) is 10.1 Å². The van der Waals surface area contributed by atoms with E-state index in [4.69, 9.17) is 6.42 Å². The number of aryl methyl sites for hydroxylation is 1. The van der Waals surface area contributed by atoms with Gasteiger partial charge >= 0.3 is 0 Å².